The van der Waals surface area contributed by atoms with E-state index in [-0.39, 0.29) is 18.3 Å². The maximum absolute atomic E-state index is 12.6. The van der Waals surface area contributed by atoms with Crippen molar-refractivity contribution in [3.63, 3.8) is 0 Å². The Balaban J connectivity index is 1.68. The van der Waals surface area contributed by atoms with Crippen molar-refractivity contribution >= 4 is 33.4 Å². The number of aromatic nitrogens is 4. The van der Waals surface area contributed by atoms with Gasteiger partial charge in [0, 0.05) is 31.3 Å². The molecule has 0 atom stereocenters. The molecule has 3 aromatic rings. The van der Waals surface area contributed by atoms with Crippen LogP contribution in [0.15, 0.2) is 47.2 Å². The van der Waals surface area contributed by atoms with Gasteiger partial charge in [0.2, 0.25) is 0 Å². The third kappa shape index (κ3) is 4.83. The van der Waals surface area contributed by atoms with Gasteiger partial charge < -0.3 is 15.0 Å². The number of halogens is 1. The van der Waals surface area contributed by atoms with Crippen LogP contribution in [-0.4, -0.2) is 50.4 Å². The van der Waals surface area contributed by atoms with Gasteiger partial charge >= 0.3 is 0 Å². The summed E-state index contributed by atoms with van der Waals surface area (Å²) in [4.78, 5) is 26.5. The van der Waals surface area contributed by atoms with E-state index in [2.05, 4.69) is 31.4 Å². The first kappa shape index (κ1) is 20.6. The molecule has 9 nitrogen and oxygen atoms in total. The number of nitrogens with one attached hydrogen (secondary N) is 1. The second-order valence-electron chi connectivity index (χ2n) is 6.34. The second kappa shape index (κ2) is 8.91. The van der Waals surface area contributed by atoms with E-state index >= 15 is 0 Å². The Morgan fingerprint density at radius 3 is 2.59 bits per heavy atom. The largest absolute Gasteiger partial charge is 0.471 e. The molecule has 0 spiro atoms. The van der Waals surface area contributed by atoms with Crippen LogP contribution in [-0.2, 0) is 13.3 Å². The van der Waals surface area contributed by atoms with Crippen LogP contribution in [0.25, 0.3) is 0 Å². The summed E-state index contributed by atoms with van der Waals surface area (Å²) in [7, 11) is 3.29. The Hall–Kier alpha value is -3.14. The maximum atomic E-state index is 12.6. The zero-order valence-electron chi connectivity index (χ0n) is 16.3. The minimum absolute atomic E-state index is 0.160. The van der Waals surface area contributed by atoms with Crippen molar-refractivity contribution in [2.75, 3.05) is 19.4 Å². The third-order valence-electron chi connectivity index (χ3n) is 4.05. The topological polar surface area (TPSA) is 94.3 Å². The highest BCUT2D eigenvalue weighted by Crippen LogP contribution is 2.18. The number of amides is 2. The first-order valence-corrected chi connectivity index (χ1v) is 9.69. The SMILES string of the molecule is CCn1ncc(NC(=O)c2ccn(COc3ccc(Br)cc3)n2)c1C(=O)N(C)C. The summed E-state index contributed by atoms with van der Waals surface area (Å²) in [6.45, 7) is 2.54. The van der Waals surface area contributed by atoms with Crippen LogP contribution in [0.2, 0.25) is 0 Å². The summed E-state index contributed by atoms with van der Waals surface area (Å²) < 4.78 is 9.65. The number of carbonyl (C=O) groups is 2. The van der Waals surface area contributed by atoms with Gasteiger partial charge in [0.15, 0.2) is 12.4 Å². The van der Waals surface area contributed by atoms with Gasteiger partial charge in [0.1, 0.15) is 11.4 Å². The molecule has 2 heterocycles. The minimum atomic E-state index is -0.434. The Kier molecular flexibility index (Phi) is 6.32. The lowest BCUT2D eigenvalue weighted by molar-refractivity contribution is 0.0816. The van der Waals surface area contributed by atoms with E-state index in [0.717, 1.165) is 4.47 Å². The quantitative estimate of drug-likeness (QED) is 0.584. The molecule has 0 fully saturated rings. The van der Waals surface area contributed by atoms with E-state index in [1.165, 1.54) is 15.8 Å². The maximum Gasteiger partial charge on any atom is 0.276 e. The fourth-order valence-corrected chi connectivity index (χ4v) is 2.83. The van der Waals surface area contributed by atoms with Crippen molar-refractivity contribution in [3.8, 4) is 5.75 Å². The number of rotatable bonds is 7. The number of aryl methyl sites for hydroxylation is 1. The smallest absolute Gasteiger partial charge is 0.276 e. The highest BCUT2D eigenvalue weighted by atomic mass is 79.9. The van der Waals surface area contributed by atoms with Crippen molar-refractivity contribution in [2.24, 2.45) is 0 Å². The van der Waals surface area contributed by atoms with E-state index in [1.807, 2.05) is 31.2 Å². The zero-order valence-corrected chi connectivity index (χ0v) is 17.9. The van der Waals surface area contributed by atoms with Gasteiger partial charge in [-0.3, -0.25) is 14.3 Å². The fourth-order valence-electron chi connectivity index (χ4n) is 2.57. The lowest BCUT2D eigenvalue weighted by Crippen LogP contribution is -2.26. The number of hydrogen-bond donors (Lipinski definition) is 1. The van der Waals surface area contributed by atoms with Crippen molar-refractivity contribution in [3.05, 3.63) is 58.6 Å². The average Bonchev–Trinajstić information content (AvgIpc) is 3.33. The number of nitrogens with zero attached hydrogens (tertiary/aromatic N) is 5. The third-order valence-corrected chi connectivity index (χ3v) is 4.58. The van der Waals surface area contributed by atoms with Gasteiger partial charge in [-0.25, -0.2) is 4.68 Å². The molecule has 0 bridgehead atoms. The van der Waals surface area contributed by atoms with Crippen LogP contribution in [0, 0.1) is 0 Å². The van der Waals surface area contributed by atoms with E-state index in [4.69, 9.17) is 4.74 Å². The summed E-state index contributed by atoms with van der Waals surface area (Å²) in [5, 5.41) is 11.1. The molecule has 3 rings (SSSR count). The zero-order chi connectivity index (χ0) is 21.0. The first-order valence-electron chi connectivity index (χ1n) is 8.89. The van der Waals surface area contributed by atoms with Crippen molar-refractivity contribution in [1.29, 1.82) is 0 Å². The molecule has 10 heteroatoms. The lowest BCUT2D eigenvalue weighted by Gasteiger charge is -2.13. The molecule has 0 radical (unpaired) electrons. The van der Waals surface area contributed by atoms with Gasteiger partial charge in [-0.1, -0.05) is 15.9 Å². The minimum Gasteiger partial charge on any atom is -0.471 e. The highest BCUT2D eigenvalue weighted by molar-refractivity contribution is 9.10. The molecular weight excluding hydrogens is 440 g/mol. The molecule has 0 aliphatic heterocycles. The Morgan fingerprint density at radius 1 is 1.21 bits per heavy atom. The Morgan fingerprint density at radius 2 is 1.93 bits per heavy atom. The van der Waals surface area contributed by atoms with Crippen molar-refractivity contribution in [2.45, 2.75) is 20.2 Å². The molecular formula is C19H21BrN6O3. The molecule has 29 heavy (non-hydrogen) atoms. The molecule has 0 aliphatic carbocycles. The number of hydrogen-bond acceptors (Lipinski definition) is 5. The lowest BCUT2D eigenvalue weighted by atomic mass is 10.3. The average molecular weight is 461 g/mol. The van der Waals surface area contributed by atoms with Gasteiger partial charge in [-0.2, -0.15) is 10.2 Å². The van der Waals surface area contributed by atoms with Crippen LogP contribution in [0.4, 0.5) is 5.69 Å². The molecule has 1 N–H and O–H groups in total. The molecule has 0 aliphatic rings. The highest BCUT2D eigenvalue weighted by Gasteiger charge is 2.22. The van der Waals surface area contributed by atoms with Gasteiger partial charge in [-0.05, 0) is 37.3 Å². The van der Waals surface area contributed by atoms with Gasteiger partial charge in [0.25, 0.3) is 11.8 Å². The van der Waals surface area contributed by atoms with Crippen LogP contribution < -0.4 is 10.1 Å². The normalized spacial score (nSPS) is 10.6. The number of benzene rings is 1. The number of anilines is 1. The molecule has 0 unspecified atom stereocenters. The Labute approximate surface area is 176 Å². The standard InChI is InChI=1S/C19H21BrN6O3/c1-4-26-17(19(28)24(2)3)16(11-21-26)22-18(27)15-9-10-25(23-15)12-29-14-7-5-13(20)6-8-14/h5-11H,4,12H2,1-3H3,(H,22,27). The van der Waals surface area contributed by atoms with Crippen LogP contribution in [0.1, 0.15) is 27.9 Å². The molecule has 2 amide bonds. The van der Waals surface area contributed by atoms with Crippen molar-refractivity contribution in [1.82, 2.24) is 24.5 Å². The van der Waals surface area contributed by atoms with Crippen molar-refractivity contribution < 1.29 is 14.3 Å². The summed E-state index contributed by atoms with van der Waals surface area (Å²) in [5.41, 5.74) is 0.872. The first-order chi connectivity index (χ1) is 13.9. The summed E-state index contributed by atoms with van der Waals surface area (Å²) in [6.07, 6.45) is 3.11. The van der Waals surface area contributed by atoms with E-state index in [1.54, 1.807) is 31.0 Å². The second-order valence-corrected chi connectivity index (χ2v) is 7.26. The van der Waals surface area contributed by atoms with Gasteiger partial charge in [0.05, 0.1) is 11.9 Å². The summed E-state index contributed by atoms with van der Waals surface area (Å²) in [6, 6.07) is 8.99. The Bertz CT molecular complexity index is 1010. The molecule has 1 aromatic carbocycles. The van der Waals surface area contributed by atoms with E-state index in [0.29, 0.717) is 23.7 Å². The van der Waals surface area contributed by atoms with Crippen LogP contribution >= 0.6 is 15.9 Å². The van der Waals surface area contributed by atoms with Crippen LogP contribution in [0.3, 0.4) is 0 Å². The predicted octanol–water partition coefficient (Wildman–Crippen LogP) is 2.85. The number of ether oxygens (including phenoxy) is 1. The summed E-state index contributed by atoms with van der Waals surface area (Å²) in [5.74, 6) is 0.0115. The number of carbonyl (C=O) groups excluding carboxylic acids is 2. The molecule has 152 valence electrons. The van der Waals surface area contributed by atoms with E-state index < -0.39 is 5.91 Å². The molecule has 0 saturated carbocycles. The molecule has 0 saturated heterocycles. The fraction of sp³-hybridized carbons (Fsp3) is 0.263. The van der Waals surface area contributed by atoms with Crippen LogP contribution in [0.5, 0.6) is 5.75 Å². The van der Waals surface area contributed by atoms with Gasteiger partial charge in [-0.15, -0.1) is 0 Å². The molecule has 2 aromatic heterocycles. The summed E-state index contributed by atoms with van der Waals surface area (Å²) >= 11 is 3.37. The van der Waals surface area contributed by atoms with E-state index in [9.17, 15) is 9.59 Å². The monoisotopic (exact) mass is 460 g/mol. The predicted molar refractivity (Wildman–Crippen MR) is 111 cm³/mol.